The number of aromatic carboxylic acids is 1. The molecule has 0 bridgehead atoms. The number of hydrogen-bond donors (Lipinski definition) is 3. The van der Waals surface area contributed by atoms with Crippen molar-refractivity contribution in [3.05, 3.63) is 83.3 Å². The number of aromatic nitrogens is 8. The molecule has 0 unspecified atom stereocenters. The number of carbonyl (C=O) groups is 2. The van der Waals surface area contributed by atoms with Gasteiger partial charge < -0.3 is 43.9 Å². The lowest BCUT2D eigenvalue weighted by molar-refractivity contribution is -0.326. The first-order valence-electron chi connectivity index (χ1n) is 20.2. The first kappa shape index (κ1) is 49.7. The third kappa shape index (κ3) is 15.7. The van der Waals surface area contributed by atoms with Crippen LogP contribution >= 0.6 is 0 Å². The maximum atomic E-state index is 12.5. The molecule has 6 aromatic rings. The zero-order chi connectivity index (χ0) is 48.1. The topological polar surface area (TPSA) is 277 Å². The number of amides is 1. The van der Waals surface area contributed by atoms with Crippen LogP contribution in [0.15, 0.2) is 57.6 Å². The highest BCUT2D eigenvalue weighted by molar-refractivity contribution is 5.93. The van der Waals surface area contributed by atoms with Crippen LogP contribution < -0.4 is 20.5 Å². The van der Waals surface area contributed by atoms with Gasteiger partial charge in [0, 0.05) is 29.2 Å². The van der Waals surface area contributed by atoms with Crippen LogP contribution in [0.4, 0.5) is 26.3 Å². The van der Waals surface area contributed by atoms with Gasteiger partial charge >= 0.3 is 30.8 Å². The van der Waals surface area contributed by atoms with E-state index in [9.17, 15) is 35.9 Å². The smallest absolute Gasteiger partial charge is 0.475 e. The SMILES string of the molecule is Cc1ccc2nc(C(=O)N[C@@H]3CC[C@@H](c4nnc(OCCOC(F)(F)F)o4)OC3)ncc2c1.Cc1ccc2nc(C(=O)O)ncc2c1.N[C@@H]1CC[C@@H](c2nnc(OCCOC(F)(F)F)o2)OC1. The third-order valence-corrected chi connectivity index (χ3v) is 9.33. The maximum Gasteiger partial charge on any atom is 0.522 e. The molecule has 4 aromatic heterocycles. The number of nitrogens with one attached hydrogen (secondary N) is 1. The highest BCUT2D eigenvalue weighted by Gasteiger charge is 2.31. The molecule has 0 saturated carbocycles. The molecule has 8 rings (SSSR count). The Morgan fingerprint density at radius 3 is 1.66 bits per heavy atom. The molecule has 4 N–H and O–H groups in total. The summed E-state index contributed by atoms with van der Waals surface area (Å²) in [4.78, 5) is 39.2. The number of nitrogens with two attached hydrogens (primary N) is 1. The van der Waals surface area contributed by atoms with Gasteiger partial charge in [-0.05, 0) is 63.8 Å². The fourth-order valence-corrected chi connectivity index (χ4v) is 6.19. The number of ether oxygens (including phenoxy) is 6. The second kappa shape index (κ2) is 22.7. The molecule has 2 aliphatic heterocycles. The highest BCUT2D eigenvalue weighted by atomic mass is 19.4. The summed E-state index contributed by atoms with van der Waals surface area (Å²) in [6.45, 7) is 2.40. The summed E-state index contributed by atoms with van der Waals surface area (Å²) in [7, 11) is 0. The van der Waals surface area contributed by atoms with Crippen LogP contribution in [-0.2, 0) is 18.9 Å². The van der Waals surface area contributed by atoms with Gasteiger partial charge in [-0.15, -0.1) is 36.5 Å². The van der Waals surface area contributed by atoms with Crippen LogP contribution in [0.3, 0.4) is 0 Å². The summed E-state index contributed by atoms with van der Waals surface area (Å²) >= 11 is 0. The number of aryl methyl sites for hydroxylation is 2. The Bertz CT molecular complexity index is 2570. The van der Waals surface area contributed by atoms with Crippen LogP contribution in [0.25, 0.3) is 21.8 Å². The van der Waals surface area contributed by atoms with Gasteiger partial charge in [0.15, 0.2) is 0 Å². The maximum absolute atomic E-state index is 12.5. The Morgan fingerprint density at radius 1 is 0.701 bits per heavy atom. The number of carbonyl (C=O) groups excluding carboxylic acids is 1. The molecule has 4 atom stereocenters. The van der Waals surface area contributed by atoms with E-state index in [1.807, 2.05) is 44.2 Å². The van der Waals surface area contributed by atoms with Gasteiger partial charge in [0.2, 0.25) is 23.4 Å². The number of halogens is 6. The number of carboxylic acids is 1. The fourth-order valence-electron chi connectivity index (χ4n) is 6.19. The molecule has 0 radical (unpaired) electrons. The summed E-state index contributed by atoms with van der Waals surface area (Å²) in [5, 5.41) is 27.9. The van der Waals surface area contributed by atoms with Crippen molar-refractivity contribution in [3.63, 3.8) is 0 Å². The monoisotopic (exact) mass is 952 g/mol. The Balaban J connectivity index is 0.000000184. The van der Waals surface area contributed by atoms with Crippen molar-refractivity contribution in [1.82, 2.24) is 45.6 Å². The Labute approximate surface area is 374 Å². The molecule has 27 heteroatoms. The van der Waals surface area contributed by atoms with Crippen LogP contribution in [0.2, 0.25) is 0 Å². The lowest BCUT2D eigenvalue weighted by Gasteiger charge is -2.27. The van der Waals surface area contributed by atoms with Crippen molar-refractivity contribution in [2.24, 2.45) is 5.73 Å². The van der Waals surface area contributed by atoms with E-state index in [1.54, 1.807) is 12.3 Å². The zero-order valence-corrected chi connectivity index (χ0v) is 35.5. The predicted octanol–water partition coefficient (Wildman–Crippen LogP) is 5.69. The molecule has 360 valence electrons. The molecule has 2 aliphatic rings. The van der Waals surface area contributed by atoms with Crippen molar-refractivity contribution >= 4 is 33.7 Å². The summed E-state index contributed by atoms with van der Waals surface area (Å²) in [5.74, 6) is -1.24. The summed E-state index contributed by atoms with van der Waals surface area (Å²) in [6, 6.07) is 11.0. The average molecular weight is 953 g/mol. The van der Waals surface area contributed by atoms with Crippen LogP contribution in [-0.4, -0.2) is 122 Å². The van der Waals surface area contributed by atoms with E-state index >= 15 is 0 Å². The molecule has 0 aliphatic carbocycles. The van der Waals surface area contributed by atoms with Crippen molar-refractivity contribution in [3.8, 4) is 12.2 Å². The minimum absolute atomic E-state index is 0.00981. The van der Waals surface area contributed by atoms with Crippen molar-refractivity contribution in [2.45, 2.75) is 76.5 Å². The number of nitrogens with zero attached hydrogens (tertiary/aromatic N) is 8. The van der Waals surface area contributed by atoms with Crippen molar-refractivity contribution in [1.29, 1.82) is 0 Å². The predicted molar refractivity (Wildman–Crippen MR) is 214 cm³/mol. The van der Waals surface area contributed by atoms with E-state index in [-0.39, 0.29) is 67.0 Å². The van der Waals surface area contributed by atoms with E-state index in [0.717, 1.165) is 28.3 Å². The van der Waals surface area contributed by atoms with E-state index < -0.39 is 50.5 Å². The molecule has 0 spiro atoms. The number of carboxylic acid groups (broad SMARTS) is 1. The Kier molecular flexibility index (Phi) is 16.8. The largest absolute Gasteiger partial charge is 0.522 e. The van der Waals surface area contributed by atoms with E-state index in [4.69, 9.17) is 38.6 Å². The molecule has 2 saturated heterocycles. The molecule has 67 heavy (non-hydrogen) atoms. The van der Waals surface area contributed by atoms with E-state index in [1.165, 1.54) is 6.20 Å². The minimum Gasteiger partial charge on any atom is -0.475 e. The molecular formula is C40H42F6N10O11. The van der Waals surface area contributed by atoms with Gasteiger partial charge in [0.25, 0.3) is 5.91 Å². The lowest BCUT2D eigenvalue weighted by atomic mass is 10.0. The molecule has 21 nitrogen and oxygen atoms in total. The molecule has 2 fully saturated rings. The van der Waals surface area contributed by atoms with Gasteiger partial charge in [-0.1, -0.05) is 33.5 Å². The van der Waals surface area contributed by atoms with Crippen LogP contribution in [0.5, 0.6) is 12.2 Å². The summed E-state index contributed by atoms with van der Waals surface area (Å²) < 4.78 is 109. The normalized spacial score (nSPS) is 18.6. The van der Waals surface area contributed by atoms with E-state index in [0.29, 0.717) is 36.9 Å². The second-order valence-corrected chi connectivity index (χ2v) is 14.6. The number of fused-ring (bicyclic) bond motifs is 2. The van der Waals surface area contributed by atoms with Gasteiger partial charge in [0.05, 0.1) is 43.5 Å². The Hall–Kier alpha value is -6.68. The number of rotatable bonds is 13. The summed E-state index contributed by atoms with van der Waals surface area (Å²) in [5.41, 5.74) is 9.19. The van der Waals surface area contributed by atoms with Crippen LogP contribution in [0.1, 0.15) is 82.0 Å². The minimum atomic E-state index is -4.73. The first-order valence-corrected chi connectivity index (χ1v) is 20.2. The van der Waals surface area contributed by atoms with E-state index in [2.05, 4.69) is 55.1 Å². The Morgan fingerprint density at radius 2 is 1.19 bits per heavy atom. The third-order valence-electron chi connectivity index (χ3n) is 9.33. The second-order valence-electron chi connectivity index (χ2n) is 14.6. The average Bonchev–Trinajstić information content (AvgIpc) is 3.97. The number of benzene rings is 2. The van der Waals surface area contributed by atoms with Gasteiger partial charge in [0.1, 0.15) is 25.4 Å². The summed E-state index contributed by atoms with van der Waals surface area (Å²) in [6.07, 6.45) is -5.20. The van der Waals surface area contributed by atoms with Crippen molar-refractivity contribution in [2.75, 3.05) is 39.6 Å². The van der Waals surface area contributed by atoms with Gasteiger partial charge in [-0.3, -0.25) is 14.3 Å². The number of hydrogen-bond acceptors (Lipinski definition) is 19. The quantitative estimate of drug-likeness (QED) is 0.0926. The van der Waals surface area contributed by atoms with Crippen molar-refractivity contribution < 1.29 is 78.3 Å². The molecule has 1 amide bonds. The fraction of sp³-hybridized carbons (Fsp3) is 0.450. The molecule has 2 aromatic carbocycles. The zero-order valence-electron chi connectivity index (χ0n) is 35.5. The number of alkyl halides is 6. The van der Waals surface area contributed by atoms with Gasteiger partial charge in [-0.2, -0.15) is 0 Å². The molecular weight excluding hydrogens is 910 g/mol. The molecule has 6 heterocycles. The van der Waals surface area contributed by atoms with Crippen LogP contribution in [0, 0.1) is 13.8 Å². The van der Waals surface area contributed by atoms with Gasteiger partial charge in [-0.25, -0.2) is 24.7 Å². The first-order chi connectivity index (χ1) is 31.9. The lowest BCUT2D eigenvalue weighted by Crippen LogP contribution is -2.41. The standard InChI is InChI=1S/C20H20F3N5O5.C10H14F3N3O4.C10H8N2O2/c1-11-2-4-14-12(8-11)9-24-16(26-14)17(29)25-13-3-5-15(31-10-13)18-27-28-19(33-18)30-6-7-32-20(21,22)23;11-10(12,13)19-4-3-17-9-16-15-8(20-9)7-2-1-6(14)5-18-7;1-6-2-3-8-7(4-6)5-11-9(12-8)10(13)14/h2,4,8-9,13,15H,3,5-7,10H2,1H3,(H,25,29);6-7H,1-5,14H2;2-5H,1H3,(H,13,14)/t13-,15+;6-,7+;/m11./s1. The highest BCUT2D eigenvalue weighted by Crippen LogP contribution is 2.30.